The Labute approximate surface area is 156 Å². The Morgan fingerprint density at radius 1 is 1.19 bits per heavy atom. The van der Waals surface area contributed by atoms with Gasteiger partial charge in [-0.3, -0.25) is 4.79 Å². The zero-order valence-electron chi connectivity index (χ0n) is 14.6. The first-order valence-corrected chi connectivity index (χ1v) is 9.38. The quantitative estimate of drug-likeness (QED) is 0.887. The van der Waals surface area contributed by atoms with E-state index in [4.69, 9.17) is 10.5 Å². The van der Waals surface area contributed by atoms with Crippen LogP contribution in [0.3, 0.4) is 0 Å². The van der Waals surface area contributed by atoms with Gasteiger partial charge in [-0.15, -0.1) is 11.3 Å². The van der Waals surface area contributed by atoms with Gasteiger partial charge in [-0.05, 0) is 12.5 Å². The molecule has 7 nitrogen and oxygen atoms in total. The molecule has 0 radical (unpaired) electrons. The molecule has 2 aromatic rings. The third-order valence-electron chi connectivity index (χ3n) is 4.16. The first-order chi connectivity index (χ1) is 12.5. The highest BCUT2D eigenvalue weighted by atomic mass is 32.1. The van der Waals surface area contributed by atoms with Crippen molar-refractivity contribution in [3.63, 3.8) is 0 Å². The summed E-state index contributed by atoms with van der Waals surface area (Å²) < 4.78 is 5.34. The van der Waals surface area contributed by atoms with E-state index in [1.807, 2.05) is 37.3 Å². The van der Waals surface area contributed by atoms with E-state index < -0.39 is 0 Å². The van der Waals surface area contributed by atoms with Crippen LogP contribution in [0, 0.1) is 0 Å². The van der Waals surface area contributed by atoms with Crippen molar-refractivity contribution in [3.8, 4) is 0 Å². The molecule has 1 unspecified atom stereocenters. The van der Waals surface area contributed by atoms with Crippen molar-refractivity contribution >= 4 is 23.3 Å². The zero-order chi connectivity index (χ0) is 18.5. The lowest BCUT2D eigenvalue weighted by Crippen LogP contribution is -2.50. The number of ether oxygens (including phenoxy) is 1. The summed E-state index contributed by atoms with van der Waals surface area (Å²) in [6.45, 7) is 3.91. The fraction of sp³-hybridized carbons (Fsp3) is 0.389. The minimum atomic E-state index is -0.353. The fourth-order valence-electron chi connectivity index (χ4n) is 2.66. The molecule has 1 fully saturated rings. The predicted octanol–water partition coefficient (Wildman–Crippen LogP) is 2.26. The first kappa shape index (κ1) is 18.3. The summed E-state index contributed by atoms with van der Waals surface area (Å²) in [6.07, 6.45) is -0.353. The first-order valence-electron chi connectivity index (χ1n) is 8.50. The van der Waals surface area contributed by atoms with Gasteiger partial charge in [0.05, 0.1) is 6.04 Å². The van der Waals surface area contributed by atoms with Crippen molar-refractivity contribution in [2.45, 2.75) is 19.6 Å². The molecule has 8 heteroatoms. The standard InChI is InChI=1S/C18H22N4O3S/c1-13(19)16-20-15(12-26-16)17(23)21-7-9-22(10-8-21)18(24)25-11-14-5-3-2-4-6-14/h2-6,12-13H,7-11,19H2,1H3. The number of aromatic nitrogens is 1. The maximum Gasteiger partial charge on any atom is 0.410 e. The van der Waals surface area contributed by atoms with Crippen LogP contribution in [0.5, 0.6) is 0 Å². The topological polar surface area (TPSA) is 88.8 Å². The van der Waals surface area contributed by atoms with Crippen molar-refractivity contribution < 1.29 is 14.3 Å². The minimum absolute atomic E-state index is 0.120. The second-order valence-corrected chi connectivity index (χ2v) is 7.07. The molecule has 1 aromatic carbocycles. The maximum atomic E-state index is 12.5. The molecular formula is C18H22N4O3S. The van der Waals surface area contributed by atoms with E-state index >= 15 is 0 Å². The van der Waals surface area contributed by atoms with Crippen LogP contribution >= 0.6 is 11.3 Å². The summed E-state index contributed by atoms with van der Waals surface area (Å²) in [5.74, 6) is -0.120. The van der Waals surface area contributed by atoms with E-state index in [1.54, 1.807) is 15.2 Å². The highest BCUT2D eigenvalue weighted by Crippen LogP contribution is 2.18. The van der Waals surface area contributed by atoms with E-state index in [0.717, 1.165) is 10.6 Å². The molecule has 0 aliphatic carbocycles. The van der Waals surface area contributed by atoms with Crippen LogP contribution in [0.15, 0.2) is 35.7 Å². The molecule has 2 amide bonds. The number of piperazine rings is 1. The second-order valence-electron chi connectivity index (χ2n) is 6.18. The maximum absolute atomic E-state index is 12.5. The number of nitrogens with two attached hydrogens (primary N) is 1. The Bertz CT molecular complexity index is 755. The monoisotopic (exact) mass is 374 g/mol. The number of nitrogens with zero attached hydrogens (tertiary/aromatic N) is 3. The number of hydrogen-bond donors (Lipinski definition) is 1. The van der Waals surface area contributed by atoms with Gasteiger partial charge in [0, 0.05) is 31.6 Å². The molecule has 1 saturated heterocycles. The third kappa shape index (κ3) is 4.39. The summed E-state index contributed by atoms with van der Waals surface area (Å²) in [4.78, 5) is 32.3. The number of hydrogen-bond acceptors (Lipinski definition) is 6. The number of rotatable bonds is 4. The minimum Gasteiger partial charge on any atom is -0.445 e. The Balaban J connectivity index is 1.48. The number of carbonyl (C=O) groups is 2. The normalized spacial score (nSPS) is 15.6. The van der Waals surface area contributed by atoms with Crippen LogP contribution in [0.2, 0.25) is 0 Å². The SMILES string of the molecule is CC(N)c1nc(C(=O)N2CCN(C(=O)OCc3ccccc3)CC2)cs1. The van der Waals surface area contributed by atoms with E-state index in [0.29, 0.717) is 31.9 Å². The summed E-state index contributed by atoms with van der Waals surface area (Å²) in [5.41, 5.74) is 7.16. The number of carbonyl (C=O) groups excluding carboxylic acids is 2. The Morgan fingerprint density at radius 3 is 2.46 bits per heavy atom. The fourth-order valence-corrected chi connectivity index (χ4v) is 3.41. The highest BCUT2D eigenvalue weighted by Gasteiger charge is 2.27. The third-order valence-corrected chi connectivity index (χ3v) is 5.21. The molecule has 3 rings (SSSR count). The summed E-state index contributed by atoms with van der Waals surface area (Å²) in [5, 5.41) is 2.48. The predicted molar refractivity (Wildman–Crippen MR) is 98.8 cm³/mol. The van der Waals surface area contributed by atoms with Crippen LogP contribution in [0.1, 0.15) is 34.0 Å². The smallest absolute Gasteiger partial charge is 0.410 e. The van der Waals surface area contributed by atoms with Gasteiger partial charge in [0.15, 0.2) is 0 Å². The van der Waals surface area contributed by atoms with Gasteiger partial charge in [0.1, 0.15) is 17.3 Å². The molecule has 0 saturated carbocycles. The average molecular weight is 374 g/mol. The van der Waals surface area contributed by atoms with Gasteiger partial charge in [-0.1, -0.05) is 30.3 Å². The van der Waals surface area contributed by atoms with Crippen molar-refractivity contribution in [2.24, 2.45) is 5.73 Å². The van der Waals surface area contributed by atoms with E-state index in [1.165, 1.54) is 11.3 Å². The Hall–Kier alpha value is -2.45. The molecule has 2 N–H and O–H groups in total. The molecule has 138 valence electrons. The van der Waals surface area contributed by atoms with Gasteiger partial charge >= 0.3 is 6.09 Å². The Morgan fingerprint density at radius 2 is 1.85 bits per heavy atom. The van der Waals surface area contributed by atoms with Crippen LogP contribution in [0.25, 0.3) is 0 Å². The van der Waals surface area contributed by atoms with E-state index in [-0.39, 0.29) is 24.6 Å². The van der Waals surface area contributed by atoms with Gasteiger partial charge < -0.3 is 20.3 Å². The average Bonchev–Trinajstić information content (AvgIpc) is 3.17. The van der Waals surface area contributed by atoms with Crippen LogP contribution in [-0.2, 0) is 11.3 Å². The second kappa shape index (κ2) is 8.29. The molecule has 1 aliphatic heterocycles. The van der Waals surface area contributed by atoms with Crippen molar-refractivity contribution in [1.82, 2.24) is 14.8 Å². The molecule has 1 aromatic heterocycles. The van der Waals surface area contributed by atoms with Crippen LogP contribution in [-0.4, -0.2) is 53.0 Å². The van der Waals surface area contributed by atoms with E-state index in [9.17, 15) is 9.59 Å². The molecular weight excluding hydrogens is 352 g/mol. The summed E-state index contributed by atoms with van der Waals surface area (Å²) >= 11 is 1.39. The molecule has 1 aliphatic rings. The van der Waals surface area contributed by atoms with Crippen molar-refractivity contribution in [3.05, 3.63) is 52.0 Å². The lowest BCUT2D eigenvalue weighted by atomic mass is 10.2. The highest BCUT2D eigenvalue weighted by molar-refractivity contribution is 7.09. The van der Waals surface area contributed by atoms with Crippen LogP contribution < -0.4 is 5.73 Å². The molecule has 0 spiro atoms. The molecule has 1 atom stereocenters. The van der Waals surface area contributed by atoms with Crippen LogP contribution in [0.4, 0.5) is 4.79 Å². The zero-order valence-corrected chi connectivity index (χ0v) is 15.4. The van der Waals surface area contributed by atoms with Gasteiger partial charge in [-0.2, -0.15) is 0 Å². The van der Waals surface area contributed by atoms with Gasteiger partial charge in [0.2, 0.25) is 0 Å². The summed E-state index contributed by atoms with van der Waals surface area (Å²) in [7, 11) is 0. The molecule has 26 heavy (non-hydrogen) atoms. The molecule has 0 bridgehead atoms. The molecule has 2 heterocycles. The van der Waals surface area contributed by atoms with Gasteiger partial charge in [0.25, 0.3) is 5.91 Å². The van der Waals surface area contributed by atoms with Crippen molar-refractivity contribution in [1.29, 1.82) is 0 Å². The number of thiazole rings is 1. The van der Waals surface area contributed by atoms with Gasteiger partial charge in [-0.25, -0.2) is 9.78 Å². The van der Waals surface area contributed by atoms with E-state index in [2.05, 4.69) is 4.98 Å². The summed E-state index contributed by atoms with van der Waals surface area (Å²) in [6, 6.07) is 9.37. The number of benzene rings is 1. The van der Waals surface area contributed by atoms with Crippen molar-refractivity contribution in [2.75, 3.05) is 26.2 Å². The number of amides is 2. The Kier molecular flexibility index (Phi) is 5.85. The lowest BCUT2D eigenvalue weighted by Gasteiger charge is -2.33. The lowest BCUT2D eigenvalue weighted by molar-refractivity contribution is 0.0540. The largest absolute Gasteiger partial charge is 0.445 e.